The molecule has 184 valence electrons. The van der Waals surface area contributed by atoms with Gasteiger partial charge in [0.1, 0.15) is 4.32 Å². The van der Waals surface area contributed by atoms with Crippen molar-refractivity contribution < 1.29 is 0 Å². The Balaban J connectivity index is 1.82. The van der Waals surface area contributed by atoms with E-state index in [1.165, 1.54) is 61.2 Å². The molecule has 38 heavy (non-hydrogen) atoms. The minimum Gasteiger partial charge on any atom is -0.0695 e. The lowest BCUT2D eigenvalue weighted by atomic mass is 9.80. The molecule has 6 rings (SSSR count). The van der Waals surface area contributed by atoms with E-state index in [9.17, 15) is 0 Å². The minimum absolute atomic E-state index is 0.562. The Morgan fingerprint density at radius 2 is 0.737 bits per heavy atom. The van der Waals surface area contributed by atoms with Crippen molar-refractivity contribution in [2.24, 2.45) is 0 Å². The Hall–Kier alpha value is -3.94. The summed E-state index contributed by atoms with van der Waals surface area (Å²) < 4.78 is -0.562. The fraction of sp³-hybridized carbons (Fsp3) is 0.0811. The van der Waals surface area contributed by atoms with Gasteiger partial charge in [-0.05, 0) is 64.0 Å². The van der Waals surface area contributed by atoms with E-state index in [2.05, 4.69) is 169 Å². The maximum atomic E-state index is 4.46. The summed E-state index contributed by atoms with van der Waals surface area (Å²) >= 11 is 4.46. The number of halogens is 1. The highest BCUT2D eigenvalue weighted by Crippen LogP contribution is 2.64. The average Bonchev–Trinajstić information content (AvgIpc) is 3.25. The zero-order chi connectivity index (χ0) is 26.1. The van der Waals surface area contributed by atoms with Crippen molar-refractivity contribution in [2.45, 2.75) is 18.2 Å². The molecule has 1 aliphatic rings. The number of allylic oxidation sites excluding steroid dienone is 4. The summed E-state index contributed by atoms with van der Waals surface area (Å²) in [5.41, 5.74) is 13.6. The van der Waals surface area contributed by atoms with Crippen molar-refractivity contribution in [3.63, 3.8) is 0 Å². The Morgan fingerprint density at radius 1 is 0.395 bits per heavy atom. The largest absolute Gasteiger partial charge is 0.103 e. The van der Waals surface area contributed by atoms with Gasteiger partial charge in [0.15, 0.2) is 0 Å². The highest BCUT2D eigenvalue weighted by atomic mass is 79.9. The lowest BCUT2D eigenvalue weighted by molar-refractivity contribution is 1.07. The Kier molecular flexibility index (Phi) is 6.47. The number of hydrogen-bond donors (Lipinski definition) is 0. The van der Waals surface area contributed by atoms with Crippen molar-refractivity contribution in [1.29, 1.82) is 0 Å². The summed E-state index contributed by atoms with van der Waals surface area (Å²) in [5.74, 6) is 0. The summed E-state index contributed by atoms with van der Waals surface area (Å²) in [6, 6.07) is 50.5. The van der Waals surface area contributed by atoms with Crippen LogP contribution in [-0.4, -0.2) is 0 Å². The van der Waals surface area contributed by atoms with Crippen LogP contribution in [-0.2, 0) is 4.32 Å². The first-order chi connectivity index (χ1) is 18.6. The monoisotopic (exact) mass is 552 g/mol. The predicted molar refractivity (Wildman–Crippen MR) is 166 cm³/mol. The van der Waals surface area contributed by atoms with Gasteiger partial charge in [0.2, 0.25) is 0 Å². The fourth-order valence-corrected chi connectivity index (χ4v) is 6.71. The first-order valence-electron chi connectivity index (χ1n) is 13.1. The fourth-order valence-electron chi connectivity index (χ4n) is 5.59. The number of rotatable bonds is 5. The van der Waals surface area contributed by atoms with Crippen molar-refractivity contribution in [3.05, 3.63) is 178 Å². The van der Waals surface area contributed by atoms with E-state index >= 15 is 0 Å². The van der Waals surface area contributed by atoms with Gasteiger partial charge in [0.25, 0.3) is 0 Å². The second kappa shape index (κ2) is 10.1. The molecule has 1 atom stereocenters. The molecule has 1 unspecified atom stereocenters. The van der Waals surface area contributed by atoms with E-state index in [4.69, 9.17) is 0 Å². The lowest BCUT2D eigenvalue weighted by Gasteiger charge is -2.32. The molecule has 0 saturated heterocycles. The van der Waals surface area contributed by atoms with Gasteiger partial charge in [0, 0.05) is 0 Å². The third kappa shape index (κ3) is 4.18. The molecule has 0 nitrogen and oxygen atoms in total. The molecular weight excluding hydrogens is 524 g/mol. The Morgan fingerprint density at radius 3 is 1.16 bits per heavy atom. The van der Waals surface area contributed by atoms with Crippen molar-refractivity contribution in [2.75, 3.05) is 0 Å². The van der Waals surface area contributed by atoms with Gasteiger partial charge in [-0.1, -0.05) is 167 Å². The predicted octanol–water partition coefficient (Wildman–Crippen LogP) is 10.1. The highest BCUT2D eigenvalue weighted by molar-refractivity contribution is 9.10. The molecule has 0 amide bonds. The second-order valence-electron chi connectivity index (χ2n) is 9.99. The van der Waals surface area contributed by atoms with E-state index in [1.807, 2.05) is 0 Å². The van der Waals surface area contributed by atoms with Gasteiger partial charge in [0.05, 0.1) is 0 Å². The summed E-state index contributed by atoms with van der Waals surface area (Å²) in [6.45, 7) is 4.30. The molecule has 5 aromatic rings. The van der Waals surface area contributed by atoms with Crippen molar-refractivity contribution in [3.8, 4) is 0 Å². The van der Waals surface area contributed by atoms with E-state index in [-0.39, 0.29) is 0 Å². The SMILES string of the molecule is Cc1ccc(C2=C(c3ccccc3)C(c3ccccc3)=C(c3ccccc3)C2(Br)c2ccc(C)cc2)cc1. The molecule has 1 aliphatic carbocycles. The van der Waals surface area contributed by atoms with E-state index < -0.39 is 4.32 Å². The Bertz CT molecular complexity index is 1630. The van der Waals surface area contributed by atoms with E-state index in [0.29, 0.717) is 0 Å². The van der Waals surface area contributed by atoms with Crippen LogP contribution in [0.2, 0.25) is 0 Å². The van der Waals surface area contributed by atoms with Crippen LogP contribution in [0.5, 0.6) is 0 Å². The van der Waals surface area contributed by atoms with Crippen LogP contribution >= 0.6 is 15.9 Å². The molecular formula is C37H29Br. The van der Waals surface area contributed by atoms with Crippen LogP contribution < -0.4 is 0 Å². The number of aryl methyl sites for hydroxylation is 2. The maximum Gasteiger partial charge on any atom is 0.103 e. The van der Waals surface area contributed by atoms with Gasteiger partial charge in [-0.25, -0.2) is 0 Å². The van der Waals surface area contributed by atoms with Gasteiger partial charge in [-0.15, -0.1) is 0 Å². The van der Waals surface area contributed by atoms with E-state index in [1.54, 1.807) is 0 Å². The second-order valence-corrected chi connectivity index (χ2v) is 11.2. The smallest absolute Gasteiger partial charge is 0.0695 e. The topological polar surface area (TPSA) is 0 Å². The van der Waals surface area contributed by atoms with Crippen LogP contribution in [0.25, 0.3) is 22.3 Å². The van der Waals surface area contributed by atoms with Crippen LogP contribution in [0.1, 0.15) is 38.9 Å². The number of hydrogen-bond acceptors (Lipinski definition) is 0. The zero-order valence-electron chi connectivity index (χ0n) is 21.7. The highest BCUT2D eigenvalue weighted by Gasteiger charge is 2.48. The van der Waals surface area contributed by atoms with Crippen LogP contribution in [0.15, 0.2) is 140 Å². The average molecular weight is 554 g/mol. The molecule has 0 bridgehead atoms. The molecule has 0 saturated carbocycles. The van der Waals surface area contributed by atoms with Crippen LogP contribution in [0, 0.1) is 13.8 Å². The lowest BCUT2D eigenvalue weighted by Crippen LogP contribution is -2.20. The van der Waals surface area contributed by atoms with E-state index in [0.717, 1.165) is 0 Å². The molecule has 0 fully saturated rings. The molecule has 0 radical (unpaired) electrons. The molecule has 0 aromatic heterocycles. The molecule has 0 N–H and O–H groups in total. The number of benzene rings is 5. The summed E-state index contributed by atoms with van der Waals surface area (Å²) in [5, 5.41) is 0. The third-order valence-corrected chi connectivity index (χ3v) is 8.67. The number of alkyl halides is 1. The molecule has 1 heteroatoms. The van der Waals surface area contributed by atoms with Crippen molar-refractivity contribution >= 4 is 38.2 Å². The molecule has 5 aromatic carbocycles. The quantitative estimate of drug-likeness (QED) is 0.190. The Labute approximate surface area is 234 Å². The molecule has 0 heterocycles. The van der Waals surface area contributed by atoms with Gasteiger partial charge < -0.3 is 0 Å². The first kappa shape index (κ1) is 24.4. The first-order valence-corrected chi connectivity index (χ1v) is 13.9. The minimum atomic E-state index is -0.562. The zero-order valence-corrected chi connectivity index (χ0v) is 23.2. The van der Waals surface area contributed by atoms with Crippen molar-refractivity contribution in [1.82, 2.24) is 0 Å². The molecule has 0 aliphatic heterocycles. The maximum absolute atomic E-state index is 4.46. The molecule has 0 spiro atoms. The summed E-state index contributed by atoms with van der Waals surface area (Å²) in [4.78, 5) is 0. The third-order valence-electron chi connectivity index (χ3n) is 7.42. The van der Waals surface area contributed by atoms with Gasteiger partial charge in [-0.2, -0.15) is 0 Å². The normalized spacial score (nSPS) is 17.2. The summed E-state index contributed by atoms with van der Waals surface area (Å²) in [6.07, 6.45) is 0. The van der Waals surface area contributed by atoms with Crippen LogP contribution in [0.3, 0.4) is 0 Å². The van der Waals surface area contributed by atoms with Gasteiger partial charge in [-0.3, -0.25) is 0 Å². The standard InChI is InChI=1S/C37H29Br/c1-26-18-22-31(23-19-26)36-34(29-14-8-4-9-15-29)33(28-12-6-3-7-13-28)35(30-16-10-5-11-17-30)37(36,38)32-24-20-27(2)21-25-32/h3-25H,1-2H3. The van der Waals surface area contributed by atoms with Crippen LogP contribution in [0.4, 0.5) is 0 Å². The van der Waals surface area contributed by atoms with Gasteiger partial charge >= 0.3 is 0 Å². The summed E-state index contributed by atoms with van der Waals surface area (Å²) in [7, 11) is 0.